The zero-order valence-corrected chi connectivity index (χ0v) is 14.8. The number of aromatic nitrogens is 4. The van der Waals surface area contributed by atoms with Crippen molar-refractivity contribution in [3.8, 4) is 16.9 Å². The minimum atomic E-state index is -0.598. The normalized spacial score (nSPS) is 13.6. The van der Waals surface area contributed by atoms with Crippen LogP contribution in [0.25, 0.3) is 16.9 Å². The van der Waals surface area contributed by atoms with Crippen molar-refractivity contribution in [2.24, 2.45) is 0 Å². The van der Waals surface area contributed by atoms with E-state index in [9.17, 15) is 9.18 Å². The summed E-state index contributed by atoms with van der Waals surface area (Å²) in [7, 11) is 0. The van der Waals surface area contributed by atoms with E-state index in [4.69, 9.17) is 0 Å². The fourth-order valence-electron chi connectivity index (χ4n) is 3.27. The number of hydrogen-bond acceptors (Lipinski definition) is 4. The Labute approximate surface area is 150 Å². The number of benzene rings is 1. The molecule has 1 aromatic carbocycles. The van der Waals surface area contributed by atoms with Gasteiger partial charge in [-0.25, -0.2) is 9.67 Å². The fraction of sp³-hybridized carbons (Fsp3) is 0.263. The average molecular weight is 350 g/mol. The SMILES string of the molecule is Cc1c(-c2ccc3c(c2)CN(C(C)C)C3=O)nnn1-c1cccnc1[18F]. The molecule has 0 unspecified atom stereocenters. The Bertz CT molecular complexity index is 1010. The van der Waals surface area contributed by atoms with Gasteiger partial charge in [-0.2, -0.15) is 4.39 Å². The number of nitrogens with zero attached hydrogens (tertiary/aromatic N) is 5. The van der Waals surface area contributed by atoms with Gasteiger partial charge in [0.2, 0.25) is 5.95 Å². The van der Waals surface area contributed by atoms with E-state index >= 15 is 0 Å². The minimum absolute atomic E-state index is 0.0550. The highest BCUT2D eigenvalue weighted by Crippen LogP contribution is 2.30. The van der Waals surface area contributed by atoms with Crippen LogP contribution in [-0.2, 0) is 6.54 Å². The van der Waals surface area contributed by atoms with Crippen LogP contribution in [0.2, 0.25) is 0 Å². The van der Waals surface area contributed by atoms with Gasteiger partial charge in [0.05, 0.1) is 5.69 Å². The van der Waals surface area contributed by atoms with Crippen LogP contribution in [0.1, 0.15) is 35.5 Å². The third-order valence-corrected chi connectivity index (χ3v) is 4.70. The molecule has 3 aromatic rings. The summed E-state index contributed by atoms with van der Waals surface area (Å²) in [5, 5.41) is 8.31. The summed E-state index contributed by atoms with van der Waals surface area (Å²) in [6.45, 7) is 6.43. The lowest BCUT2D eigenvalue weighted by Crippen LogP contribution is -2.30. The topological polar surface area (TPSA) is 63.9 Å². The van der Waals surface area contributed by atoms with Gasteiger partial charge in [-0.05, 0) is 50.6 Å². The summed E-state index contributed by atoms with van der Waals surface area (Å²) in [6, 6.07) is 9.07. The van der Waals surface area contributed by atoms with Gasteiger partial charge < -0.3 is 4.90 Å². The highest BCUT2D eigenvalue weighted by atomic mass is 18.2. The molecule has 0 aliphatic carbocycles. The van der Waals surface area contributed by atoms with Crippen molar-refractivity contribution in [2.45, 2.75) is 33.4 Å². The molecule has 0 atom stereocenters. The van der Waals surface area contributed by atoms with Crippen LogP contribution >= 0.6 is 0 Å². The molecule has 0 fully saturated rings. The minimum Gasteiger partial charge on any atom is -0.332 e. The predicted molar refractivity (Wildman–Crippen MR) is 94.3 cm³/mol. The first-order chi connectivity index (χ1) is 12.5. The van der Waals surface area contributed by atoms with E-state index in [1.165, 1.54) is 10.9 Å². The van der Waals surface area contributed by atoms with Gasteiger partial charge in [-0.15, -0.1) is 5.10 Å². The second-order valence-electron chi connectivity index (χ2n) is 6.65. The first-order valence-electron chi connectivity index (χ1n) is 8.45. The number of halogens is 1. The molecule has 0 bridgehead atoms. The number of hydrogen-bond donors (Lipinski definition) is 0. The summed E-state index contributed by atoms with van der Waals surface area (Å²) in [5.74, 6) is -0.543. The van der Waals surface area contributed by atoms with E-state index < -0.39 is 5.95 Å². The Morgan fingerprint density at radius 2 is 2.04 bits per heavy atom. The van der Waals surface area contributed by atoms with E-state index in [2.05, 4.69) is 15.3 Å². The standard InChI is InChI=1S/C19H18FN5O/c1-11(2)24-10-14-9-13(6-7-15(14)19(24)26)17-12(3)25(23-22-17)16-5-4-8-21-18(16)20/h4-9,11H,10H2,1-3H3/i20-1. The Morgan fingerprint density at radius 1 is 1.23 bits per heavy atom. The highest BCUT2D eigenvalue weighted by Gasteiger charge is 2.29. The Balaban J connectivity index is 1.74. The summed E-state index contributed by atoms with van der Waals surface area (Å²) in [4.78, 5) is 17.9. The van der Waals surface area contributed by atoms with Gasteiger partial charge in [0, 0.05) is 29.9 Å². The van der Waals surface area contributed by atoms with Gasteiger partial charge in [-0.1, -0.05) is 11.3 Å². The monoisotopic (exact) mass is 350 g/mol. The second-order valence-corrected chi connectivity index (χ2v) is 6.65. The maximum atomic E-state index is 14.0. The van der Waals surface area contributed by atoms with Crippen LogP contribution < -0.4 is 0 Å². The molecule has 1 aliphatic heterocycles. The molecule has 0 radical (unpaired) electrons. The van der Waals surface area contributed by atoms with Crippen molar-refractivity contribution in [2.75, 3.05) is 0 Å². The molecule has 132 valence electrons. The van der Waals surface area contributed by atoms with E-state index in [0.29, 0.717) is 17.9 Å². The van der Waals surface area contributed by atoms with Gasteiger partial charge in [0.25, 0.3) is 5.91 Å². The fourth-order valence-corrected chi connectivity index (χ4v) is 3.27. The van der Waals surface area contributed by atoms with E-state index in [-0.39, 0.29) is 17.6 Å². The van der Waals surface area contributed by atoms with Gasteiger partial charge in [0.1, 0.15) is 11.4 Å². The number of amides is 1. The molecule has 2 aromatic heterocycles. The molecule has 0 saturated heterocycles. The first kappa shape index (κ1) is 16.4. The second kappa shape index (κ2) is 6.01. The van der Waals surface area contributed by atoms with Gasteiger partial charge in [0.15, 0.2) is 0 Å². The molecule has 0 saturated carbocycles. The number of fused-ring (bicyclic) bond motifs is 1. The van der Waals surface area contributed by atoms with Gasteiger partial charge in [-0.3, -0.25) is 4.79 Å². The summed E-state index contributed by atoms with van der Waals surface area (Å²) >= 11 is 0. The molecule has 7 heteroatoms. The lowest BCUT2D eigenvalue weighted by Gasteiger charge is -2.19. The van der Waals surface area contributed by atoms with Crippen LogP contribution in [0.5, 0.6) is 0 Å². The van der Waals surface area contributed by atoms with Crippen molar-refractivity contribution in [1.29, 1.82) is 0 Å². The molecule has 0 spiro atoms. The number of carbonyl (C=O) groups excluding carboxylic acids is 1. The maximum absolute atomic E-state index is 14.0. The number of rotatable bonds is 3. The average Bonchev–Trinajstić information content (AvgIpc) is 3.16. The summed E-state index contributed by atoms with van der Waals surface area (Å²) in [5.41, 5.74) is 4.18. The van der Waals surface area contributed by atoms with Crippen LogP contribution in [0, 0.1) is 12.9 Å². The van der Waals surface area contributed by atoms with Gasteiger partial charge >= 0.3 is 0 Å². The van der Waals surface area contributed by atoms with Crippen molar-refractivity contribution in [3.05, 3.63) is 59.3 Å². The third kappa shape index (κ3) is 2.47. The molecule has 1 amide bonds. The van der Waals surface area contributed by atoms with Crippen LogP contribution in [0.4, 0.5) is 4.39 Å². The van der Waals surface area contributed by atoms with Crippen LogP contribution in [-0.4, -0.2) is 36.8 Å². The zero-order chi connectivity index (χ0) is 18.4. The summed E-state index contributed by atoms with van der Waals surface area (Å²) < 4.78 is 15.4. The Kier molecular flexibility index (Phi) is 3.79. The number of carbonyl (C=O) groups is 1. The van der Waals surface area contributed by atoms with Crippen molar-refractivity contribution in [1.82, 2.24) is 24.9 Å². The van der Waals surface area contributed by atoms with Crippen LogP contribution in [0.3, 0.4) is 0 Å². The van der Waals surface area contributed by atoms with E-state index in [1.54, 1.807) is 12.1 Å². The summed E-state index contributed by atoms with van der Waals surface area (Å²) in [6.07, 6.45) is 1.39. The lowest BCUT2D eigenvalue weighted by atomic mass is 10.0. The Morgan fingerprint density at radius 3 is 2.77 bits per heavy atom. The van der Waals surface area contributed by atoms with E-state index in [1.807, 2.05) is 43.9 Å². The molecular formula is C19H18FN5O. The smallest absolute Gasteiger partial charge is 0.254 e. The van der Waals surface area contributed by atoms with Crippen molar-refractivity contribution in [3.63, 3.8) is 0 Å². The van der Waals surface area contributed by atoms with Crippen LogP contribution in [0.15, 0.2) is 36.5 Å². The molecule has 26 heavy (non-hydrogen) atoms. The molecule has 6 nitrogen and oxygen atoms in total. The lowest BCUT2D eigenvalue weighted by molar-refractivity contribution is 0.0730. The molecule has 3 heterocycles. The number of pyridine rings is 1. The maximum Gasteiger partial charge on any atom is 0.254 e. The molecule has 1 aliphatic rings. The van der Waals surface area contributed by atoms with E-state index in [0.717, 1.165) is 16.7 Å². The molecule has 4 rings (SSSR count). The molecular weight excluding hydrogens is 332 g/mol. The molecule has 0 N–H and O–H groups in total. The van der Waals surface area contributed by atoms with Crippen molar-refractivity contribution >= 4 is 5.91 Å². The highest BCUT2D eigenvalue weighted by molar-refractivity contribution is 5.99. The quantitative estimate of drug-likeness (QED) is 0.681. The zero-order valence-electron chi connectivity index (χ0n) is 14.8. The first-order valence-corrected chi connectivity index (χ1v) is 8.45. The Hall–Kier alpha value is -3.09. The largest absolute Gasteiger partial charge is 0.332 e. The predicted octanol–water partition coefficient (Wildman–Crippen LogP) is 3.14. The van der Waals surface area contributed by atoms with Crippen molar-refractivity contribution < 1.29 is 9.18 Å². The third-order valence-electron chi connectivity index (χ3n) is 4.70.